The van der Waals surface area contributed by atoms with Gasteiger partial charge >= 0.3 is 0 Å². The van der Waals surface area contributed by atoms with Gasteiger partial charge in [0.15, 0.2) is 0 Å². The Labute approximate surface area is 107 Å². The second kappa shape index (κ2) is 5.71. The van der Waals surface area contributed by atoms with Gasteiger partial charge in [-0.25, -0.2) is 0 Å². The van der Waals surface area contributed by atoms with Crippen molar-refractivity contribution in [3.05, 3.63) is 0 Å². The molecule has 0 spiro atoms. The summed E-state index contributed by atoms with van der Waals surface area (Å²) in [6, 6.07) is 1.42. The Morgan fingerprint density at radius 1 is 0.882 bits per heavy atom. The molecular formula is C15H29NO. The molecule has 0 aromatic heterocycles. The Morgan fingerprint density at radius 2 is 1.53 bits per heavy atom. The van der Waals surface area contributed by atoms with E-state index in [0.29, 0.717) is 18.2 Å². The first-order valence-electron chi connectivity index (χ1n) is 7.46. The van der Waals surface area contributed by atoms with Crippen molar-refractivity contribution in [3.63, 3.8) is 0 Å². The lowest BCUT2D eigenvalue weighted by Gasteiger charge is -2.39. The second-order valence-corrected chi connectivity index (χ2v) is 6.59. The van der Waals surface area contributed by atoms with Crippen LogP contribution in [0.4, 0.5) is 0 Å². The third-order valence-electron chi connectivity index (χ3n) is 4.58. The number of hydrogen-bond acceptors (Lipinski definition) is 2. The predicted octanol–water partition coefficient (Wildman–Crippen LogP) is 3.36. The fraction of sp³-hybridized carbons (Fsp3) is 1.00. The van der Waals surface area contributed by atoms with Crippen molar-refractivity contribution in [2.45, 2.75) is 84.1 Å². The molecule has 1 aliphatic carbocycles. The van der Waals surface area contributed by atoms with Crippen LogP contribution in [0.25, 0.3) is 0 Å². The van der Waals surface area contributed by atoms with Gasteiger partial charge in [0.25, 0.3) is 0 Å². The van der Waals surface area contributed by atoms with Gasteiger partial charge in [-0.3, -0.25) is 0 Å². The van der Waals surface area contributed by atoms with Gasteiger partial charge in [0.1, 0.15) is 0 Å². The number of ether oxygens (including phenoxy) is 1. The largest absolute Gasteiger partial charge is 0.375 e. The van der Waals surface area contributed by atoms with Gasteiger partial charge in [0.2, 0.25) is 0 Å². The Hall–Kier alpha value is -0.0800. The molecule has 0 bridgehead atoms. The predicted molar refractivity (Wildman–Crippen MR) is 72.1 cm³/mol. The molecule has 1 aliphatic heterocycles. The van der Waals surface area contributed by atoms with Gasteiger partial charge in [-0.15, -0.1) is 0 Å². The highest BCUT2D eigenvalue weighted by Crippen LogP contribution is 2.30. The summed E-state index contributed by atoms with van der Waals surface area (Å²) in [6.07, 6.45) is 7.37. The molecule has 1 saturated heterocycles. The zero-order valence-electron chi connectivity index (χ0n) is 11.9. The van der Waals surface area contributed by atoms with Crippen molar-refractivity contribution in [1.82, 2.24) is 5.32 Å². The normalized spacial score (nSPS) is 48.0. The Morgan fingerprint density at radius 3 is 2.12 bits per heavy atom. The van der Waals surface area contributed by atoms with E-state index in [1.807, 2.05) is 0 Å². The molecule has 2 aliphatic rings. The maximum atomic E-state index is 5.81. The molecule has 1 N–H and O–H groups in total. The summed E-state index contributed by atoms with van der Waals surface area (Å²) in [5.74, 6) is 1.77. The van der Waals surface area contributed by atoms with E-state index in [2.05, 4.69) is 33.0 Å². The van der Waals surface area contributed by atoms with Crippen molar-refractivity contribution in [2.24, 2.45) is 11.8 Å². The van der Waals surface area contributed by atoms with Gasteiger partial charge in [-0.1, -0.05) is 13.8 Å². The molecule has 5 unspecified atom stereocenters. The third-order valence-corrected chi connectivity index (χ3v) is 4.58. The first kappa shape index (κ1) is 13.4. The van der Waals surface area contributed by atoms with E-state index in [-0.39, 0.29) is 0 Å². The van der Waals surface area contributed by atoms with Crippen molar-refractivity contribution in [3.8, 4) is 0 Å². The minimum Gasteiger partial charge on any atom is -0.375 e. The highest BCUT2D eigenvalue weighted by molar-refractivity contribution is 4.87. The third kappa shape index (κ3) is 3.69. The summed E-state index contributed by atoms with van der Waals surface area (Å²) in [4.78, 5) is 0. The van der Waals surface area contributed by atoms with Crippen molar-refractivity contribution >= 4 is 0 Å². The van der Waals surface area contributed by atoms with E-state index in [0.717, 1.165) is 17.9 Å². The van der Waals surface area contributed by atoms with E-state index in [1.54, 1.807) is 0 Å². The zero-order chi connectivity index (χ0) is 12.4. The minimum absolute atomic E-state index is 0.425. The smallest absolute Gasteiger partial charge is 0.0565 e. The fourth-order valence-corrected chi connectivity index (χ4v) is 3.76. The molecule has 1 heterocycles. The summed E-state index contributed by atoms with van der Waals surface area (Å²) in [6.45, 7) is 9.22. The van der Waals surface area contributed by atoms with Crippen molar-refractivity contribution < 1.29 is 4.74 Å². The average Bonchev–Trinajstić information content (AvgIpc) is 2.21. The van der Waals surface area contributed by atoms with E-state index < -0.39 is 0 Å². The molecule has 0 aromatic rings. The van der Waals surface area contributed by atoms with Gasteiger partial charge in [0, 0.05) is 12.1 Å². The Bertz CT molecular complexity index is 233. The van der Waals surface area contributed by atoms with Gasteiger partial charge in [-0.2, -0.15) is 0 Å². The molecule has 0 aromatic carbocycles. The molecular weight excluding hydrogens is 210 g/mol. The number of nitrogens with one attached hydrogen (secondary N) is 1. The summed E-state index contributed by atoms with van der Waals surface area (Å²) in [5, 5.41) is 3.91. The zero-order valence-corrected chi connectivity index (χ0v) is 11.9. The quantitative estimate of drug-likeness (QED) is 0.798. The van der Waals surface area contributed by atoms with Crippen LogP contribution in [0.3, 0.4) is 0 Å². The number of rotatable bonds is 2. The lowest BCUT2D eigenvalue weighted by Crippen LogP contribution is -2.49. The van der Waals surface area contributed by atoms with Gasteiger partial charge in [0.05, 0.1) is 12.2 Å². The summed E-state index contributed by atoms with van der Waals surface area (Å²) < 4.78 is 5.81. The lowest BCUT2D eigenvalue weighted by atomic mass is 9.79. The second-order valence-electron chi connectivity index (χ2n) is 6.59. The fourth-order valence-electron chi connectivity index (χ4n) is 3.76. The topological polar surface area (TPSA) is 21.3 Å². The Kier molecular flexibility index (Phi) is 4.48. The van der Waals surface area contributed by atoms with Crippen LogP contribution in [0.1, 0.15) is 59.8 Å². The molecule has 17 heavy (non-hydrogen) atoms. The minimum atomic E-state index is 0.425. The molecule has 2 heteroatoms. The van der Waals surface area contributed by atoms with Crippen LogP contribution in [0.5, 0.6) is 0 Å². The highest BCUT2D eigenvalue weighted by atomic mass is 16.5. The van der Waals surface area contributed by atoms with Gasteiger partial charge < -0.3 is 10.1 Å². The molecule has 2 rings (SSSR count). The molecule has 0 radical (unpaired) electrons. The van der Waals surface area contributed by atoms with Crippen LogP contribution < -0.4 is 5.32 Å². The maximum Gasteiger partial charge on any atom is 0.0565 e. The molecule has 2 fully saturated rings. The summed E-state index contributed by atoms with van der Waals surface area (Å²) in [5.41, 5.74) is 0. The standard InChI is InChI=1S/C15H29NO/c1-10-5-6-15(11(2)7-10)16-14-8-12(3)17-13(4)9-14/h10-16H,5-9H2,1-4H3. The highest BCUT2D eigenvalue weighted by Gasteiger charge is 2.30. The first-order valence-corrected chi connectivity index (χ1v) is 7.46. The summed E-state index contributed by atoms with van der Waals surface area (Å²) >= 11 is 0. The van der Waals surface area contributed by atoms with Crippen LogP contribution in [-0.2, 0) is 4.74 Å². The summed E-state index contributed by atoms with van der Waals surface area (Å²) in [7, 11) is 0. The van der Waals surface area contributed by atoms with Crippen LogP contribution in [0, 0.1) is 11.8 Å². The van der Waals surface area contributed by atoms with E-state index in [1.165, 1.54) is 32.1 Å². The number of hydrogen-bond donors (Lipinski definition) is 1. The maximum absolute atomic E-state index is 5.81. The van der Waals surface area contributed by atoms with E-state index >= 15 is 0 Å². The Balaban J connectivity index is 1.83. The van der Waals surface area contributed by atoms with Crippen LogP contribution in [0.15, 0.2) is 0 Å². The molecule has 1 saturated carbocycles. The first-order chi connectivity index (χ1) is 8.04. The van der Waals surface area contributed by atoms with Crippen LogP contribution in [-0.4, -0.2) is 24.3 Å². The average molecular weight is 239 g/mol. The van der Waals surface area contributed by atoms with E-state index in [9.17, 15) is 0 Å². The van der Waals surface area contributed by atoms with E-state index in [4.69, 9.17) is 4.74 Å². The molecule has 2 nitrogen and oxygen atoms in total. The molecule has 0 amide bonds. The molecule has 100 valence electrons. The van der Waals surface area contributed by atoms with Gasteiger partial charge in [-0.05, 0) is 57.8 Å². The SMILES string of the molecule is CC1CCC(NC2CC(C)OC(C)C2)C(C)C1. The lowest BCUT2D eigenvalue weighted by molar-refractivity contribution is -0.0454. The molecule has 5 atom stereocenters. The van der Waals surface area contributed by atoms with Crippen LogP contribution >= 0.6 is 0 Å². The van der Waals surface area contributed by atoms with Crippen LogP contribution in [0.2, 0.25) is 0 Å². The monoisotopic (exact) mass is 239 g/mol. The van der Waals surface area contributed by atoms with Crippen molar-refractivity contribution in [2.75, 3.05) is 0 Å². The van der Waals surface area contributed by atoms with Crippen molar-refractivity contribution in [1.29, 1.82) is 0 Å².